The number of ether oxygens (including phenoxy) is 1. The van der Waals surface area contributed by atoms with Gasteiger partial charge in [-0.3, -0.25) is 14.2 Å². The quantitative estimate of drug-likeness (QED) is 0.422. The number of methoxy groups -OCH3 is 1. The zero-order valence-corrected chi connectivity index (χ0v) is 18.2. The molecule has 28 heavy (non-hydrogen) atoms. The molecule has 1 aromatic carbocycles. The summed E-state index contributed by atoms with van der Waals surface area (Å²) >= 11 is 3.56. The molecule has 0 amide bonds. The van der Waals surface area contributed by atoms with E-state index in [0.717, 1.165) is 38.4 Å². The fourth-order valence-corrected chi connectivity index (χ4v) is 3.40. The van der Waals surface area contributed by atoms with Gasteiger partial charge in [0.1, 0.15) is 11.4 Å². The first-order valence-electron chi connectivity index (χ1n) is 8.89. The molecule has 0 unspecified atom stereocenters. The monoisotopic (exact) mass is 442 g/mol. The van der Waals surface area contributed by atoms with Crippen LogP contribution >= 0.6 is 15.9 Å². The van der Waals surface area contributed by atoms with Crippen LogP contribution in [-0.4, -0.2) is 32.5 Å². The summed E-state index contributed by atoms with van der Waals surface area (Å²) in [5.41, 5.74) is 5.30. The van der Waals surface area contributed by atoms with E-state index in [0.29, 0.717) is 12.2 Å². The third kappa shape index (κ3) is 4.09. The highest BCUT2D eigenvalue weighted by molar-refractivity contribution is 9.10. The van der Waals surface area contributed by atoms with Crippen molar-refractivity contribution < 1.29 is 9.53 Å². The summed E-state index contributed by atoms with van der Waals surface area (Å²) in [6.45, 7) is 6.44. The average Bonchev–Trinajstić information content (AvgIpc) is 3.13. The van der Waals surface area contributed by atoms with Crippen molar-refractivity contribution in [2.24, 2.45) is 7.05 Å². The Morgan fingerprint density at radius 3 is 2.54 bits per heavy atom. The van der Waals surface area contributed by atoms with Crippen LogP contribution in [0.2, 0.25) is 0 Å². The van der Waals surface area contributed by atoms with Gasteiger partial charge in [-0.25, -0.2) is 0 Å². The van der Waals surface area contributed by atoms with Crippen molar-refractivity contribution in [1.82, 2.24) is 19.6 Å². The fourth-order valence-electron chi connectivity index (χ4n) is 3.11. The number of carbonyl (C=O) groups excluding carboxylic acids is 1. The lowest BCUT2D eigenvalue weighted by molar-refractivity contribution is 0.103. The van der Waals surface area contributed by atoms with Crippen LogP contribution in [0.3, 0.4) is 0 Å². The lowest BCUT2D eigenvalue weighted by atomic mass is 10.1. The maximum absolute atomic E-state index is 12.4. The Morgan fingerprint density at radius 1 is 1.21 bits per heavy atom. The summed E-state index contributed by atoms with van der Waals surface area (Å²) in [5.74, 6) is 0.706. The van der Waals surface area contributed by atoms with Gasteiger partial charge in [-0.15, -0.1) is 0 Å². The molecule has 0 N–H and O–H groups in total. The molecule has 7 heteroatoms. The first kappa shape index (κ1) is 20.1. The number of ketones is 1. The number of aryl methyl sites for hydroxylation is 3. The second-order valence-electron chi connectivity index (χ2n) is 6.71. The summed E-state index contributed by atoms with van der Waals surface area (Å²) in [6.07, 6.45) is 3.38. The van der Waals surface area contributed by atoms with Crippen LogP contribution in [0.1, 0.15) is 38.7 Å². The number of benzene rings is 1. The predicted molar refractivity (Wildman–Crippen MR) is 113 cm³/mol. The van der Waals surface area contributed by atoms with E-state index in [2.05, 4.69) is 26.1 Å². The first-order chi connectivity index (χ1) is 13.3. The molecule has 0 aliphatic rings. The Hall–Kier alpha value is -2.67. The minimum Gasteiger partial charge on any atom is -0.496 e. The maximum Gasteiger partial charge on any atom is 0.203 e. The Labute approximate surface area is 172 Å². The number of rotatable bonds is 6. The van der Waals surface area contributed by atoms with Crippen LogP contribution in [0, 0.1) is 20.8 Å². The number of allylic oxidation sites excluding steroid dienone is 1. The zero-order chi connectivity index (χ0) is 20.4. The highest BCUT2D eigenvalue weighted by Gasteiger charge is 2.12. The minimum atomic E-state index is -0.0806. The smallest absolute Gasteiger partial charge is 0.203 e. The summed E-state index contributed by atoms with van der Waals surface area (Å²) in [7, 11) is 3.42. The van der Waals surface area contributed by atoms with Crippen molar-refractivity contribution in [1.29, 1.82) is 0 Å². The molecule has 0 aliphatic heterocycles. The number of hydrogen-bond acceptors (Lipinski definition) is 4. The number of hydrogen-bond donors (Lipinski definition) is 0. The Balaban J connectivity index is 1.87. The van der Waals surface area contributed by atoms with Gasteiger partial charge in [-0.05, 0) is 66.5 Å². The van der Waals surface area contributed by atoms with Crippen LogP contribution in [-0.2, 0) is 13.6 Å². The van der Waals surface area contributed by atoms with Gasteiger partial charge in [0.05, 0.1) is 35.2 Å². The van der Waals surface area contributed by atoms with Crippen molar-refractivity contribution in [2.45, 2.75) is 27.3 Å². The molecule has 0 aliphatic carbocycles. The number of carbonyl (C=O) groups is 1. The molecule has 0 atom stereocenters. The van der Waals surface area contributed by atoms with Crippen LogP contribution < -0.4 is 4.74 Å². The van der Waals surface area contributed by atoms with Gasteiger partial charge in [0.15, 0.2) is 0 Å². The summed E-state index contributed by atoms with van der Waals surface area (Å²) < 4.78 is 10.1. The normalized spacial score (nSPS) is 11.4. The van der Waals surface area contributed by atoms with Crippen LogP contribution in [0.15, 0.2) is 34.8 Å². The third-order valence-corrected chi connectivity index (χ3v) is 5.75. The van der Waals surface area contributed by atoms with Crippen LogP contribution in [0.5, 0.6) is 5.75 Å². The van der Waals surface area contributed by atoms with Crippen molar-refractivity contribution >= 4 is 27.8 Å². The molecule has 0 spiro atoms. The second kappa shape index (κ2) is 8.14. The summed E-state index contributed by atoms with van der Waals surface area (Å²) in [6, 6.07) is 7.64. The lowest BCUT2D eigenvalue weighted by Crippen LogP contribution is -2.06. The molecule has 2 heterocycles. The highest BCUT2D eigenvalue weighted by atomic mass is 79.9. The van der Waals surface area contributed by atoms with Crippen LogP contribution in [0.25, 0.3) is 6.08 Å². The molecule has 6 nitrogen and oxygen atoms in total. The predicted octanol–water partition coefficient (Wildman–Crippen LogP) is 4.26. The van der Waals surface area contributed by atoms with Crippen molar-refractivity contribution in [2.75, 3.05) is 7.11 Å². The second-order valence-corrected chi connectivity index (χ2v) is 7.50. The molecule has 0 radical (unpaired) electrons. The number of nitrogens with zero attached hydrogens (tertiary/aromatic N) is 4. The van der Waals surface area contributed by atoms with E-state index in [-0.39, 0.29) is 5.78 Å². The zero-order valence-electron chi connectivity index (χ0n) is 16.7. The number of halogens is 1. The molecule has 146 valence electrons. The molecule has 3 aromatic rings. The fraction of sp³-hybridized carbons (Fsp3) is 0.286. The van der Waals surface area contributed by atoms with Crippen molar-refractivity contribution in [3.63, 3.8) is 0 Å². The Bertz CT molecular complexity index is 1060. The summed E-state index contributed by atoms with van der Waals surface area (Å²) in [4.78, 5) is 12.4. The van der Waals surface area contributed by atoms with Gasteiger partial charge in [-0.2, -0.15) is 10.2 Å². The largest absolute Gasteiger partial charge is 0.496 e. The SMILES string of the molecule is COc1ccc(/C=C/C(=O)c2cc(C)nn2C)cc1Cn1nc(C)c(Br)c1C. The Morgan fingerprint density at radius 2 is 1.96 bits per heavy atom. The highest BCUT2D eigenvalue weighted by Crippen LogP contribution is 2.25. The van der Waals surface area contributed by atoms with Gasteiger partial charge in [0.2, 0.25) is 5.78 Å². The number of aromatic nitrogens is 4. The molecule has 2 aromatic heterocycles. The van der Waals surface area contributed by atoms with E-state index in [9.17, 15) is 4.79 Å². The van der Waals surface area contributed by atoms with Crippen molar-refractivity contribution in [3.05, 3.63) is 68.7 Å². The van der Waals surface area contributed by atoms with E-state index >= 15 is 0 Å². The standard InChI is InChI=1S/C21H23BrN4O2/c1-13-10-18(25(4)23-13)19(27)8-6-16-7-9-20(28-5)17(11-16)12-26-15(3)21(22)14(2)24-26/h6-11H,12H2,1-5H3/b8-6+. The molecule has 0 bridgehead atoms. The lowest BCUT2D eigenvalue weighted by Gasteiger charge is -2.11. The van der Waals surface area contributed by atoms with E-state index < -0.39 is 0 Å². The van der Waals surface area contributed by atoms with Gasteiger partial charge in [0, 0.05) is 12.6 Å². The summed E-state index contributed by atoms with van der Waals surface area (Å²) in [5, 5.41) is 8.79. The molecular formula is C21H23BrN4O2. The van der Waals surface area contributed by atoms with Gasteiger partial charge in [0.25, 0.3) is 0 Å². The topological polar surface area (TPSA) is 61.9 Å². The van der Waals surface area contributed by atoms with Gasteiger partial charge in [-0.1, -0.05) is 12.1 Å². The molecule has 0 saturated heterocycles. The molecule has 3 rings (SSSR count). The van der Waals surface area contributed by atoms with E-state index in [4.69, 9.17) is 4.74 Å². The van der Waals surface area contributed by atoms with E-state index in [1.165, 1.54) is 0 Å². The maximum atomic E-state index is 12.4. The van der Waals surface area contributed by atoms with Gasteiger partial charge < -0.3 is 4.74 Å². The molecular weight excluding hydrogens is 420 g/mol. The Kier molecular flexibility index (Phi) is 5.84. The van der Waals surface area contributed by atoms with Crippen molar-refractivity contribution in [3.8, 4) is 5.75 Å². The first-order valence-corrected chi connectivity index (χ1v) is 9.69. The van der Waals surface area contributed by atoms with Gasteiger partial charge >= 0.3 is 0 Å². The molecule has 0 saturated carbocycles. The molecule has 0 fully saturated rings. The van der Waals surface area contributed by atoms with E-state index in [1.54, 1.807) is 31.0 Å². The third-order valence-electron chi connectivity index (χ3n) is 4.60. The van der Waals surface area contributed by atoms with E-state index in [1.807, 2.05) is 49.7 Å². The van der Waals surface area contributed by atoms with Crippen LogP contribution in [0.4, 0.5) is 0 Å². The minimum absolute atomic E-state index is 0.0806. The average molecular weight is 443 g/mol.